The highest BCUT2D eigenvalue weighted by Gasteiger charge is 2.34. The summed E-state index contributed by atoms with van der Waals surface area (Å²) in [7, 11) is 0. The van der Waals surface area contributed by atoms with Gasteiger partial charge in [-0.25, -0.2) is 0 Å². The zero-order chi connectivity index (χ0) is 28.9. The van der Waals surface area contributed by atoms with E-state index in [0.29, 0.717) is 5.56 Å². The van der Waals surface area contributed by atoms with Crippen molar-refractivity contribution in [2.24, 2.45) is 0 Å². The second kappa shape index (κ2) is 11.9. The molecule has 0 heterocycles. The van der Waals surface area contributed by atoms with E-state index in [2.05, 4.69) is 0 Å². The average molecular weight is 535 g/mol. The van der Waals surface area contributed by atoms with Crippen LogP contribution >= 0.6 is 0 Å². The third kappa shape index (κ3) is 10.5. The molecule has 38 heavy (non-hydrogen) atoms. The number of carbonyl (C=O) groups is 1. The molecule has 0 aliphatic heterocycles. The first kappa shape index (κ1) is 31.4. The van der Waals surface area contributed by atoms with Gasteiger partial charge in [0.2, 0.25) is 11.5 Å². The molecule has 0 N–H and O–H groups in total. The third-order valence-corrected chi connectivity index (χ3v) is 3.94. The third-order valence-electron chi connectivity index (χ3n) is 3.94. The lowest BCUT2D eigenvalue weighted by atomic mass is 10.0. The molecule has 9 heteroatoms. The predicted molar refractivity (Wildman–Crippen MR) is 142 cm³/mol. The molecule has 9 nitrogen and oxygen atoms in total. The van der Waals surface area contributed by atoms with Crippen molar-refractivity contribution in [2.75, 3.05) is 0 Å². The fourth-order valence-corrected chi connectivity index (χ4v) is 2.48. The van der Waals surface area contributed by atoms with Crippen molar-refractivity contribution >= 4 is 5.78 Å². The molecule has 0 saturated heterocycles. The molecule has 2 aromatic rings. The molecule has 0 radical (unpaired) electrons. The molecule has 0 aliphatic rings. The number of benzene rings is 2. The molecule has 0 aromatic heterocycles. The molecular weight excluding hydrogens is 492 g/mol. The van der Waals surface area contributed by atoms with E-state index in [9.17, 15) is 4.79 Å². The summed E-state index contributed by atoms with van der Waals surface area (Å²) in [6.07, 6.45) is 0. The van der Waals surface area contributed by atoms with Crippen LogP contribution in [0.1, 0.15) is 99.0 Å². The van der Waals surface area contributed by atoms with Crippen LogP contribution in [0.15, 0.2) is 36.4 Å². The second-order valence-corrected chi connectivity index (χ2v) is 12.7. The van der Waals surface area contributed by atoms with Crippen LogP contribution in [0.3, 0.4) is 0 Å². The maximum absolute atomic E-state index is 13.7. The summed E-state index contributed by atoms with van der Waals surface area (Å²) in [6, 6.07) is 10.1. The predicted octanol–water partition coefficient (Wildman–Crippen LogP) is 7.35. The molecule has 0 bridgehead atoms. The maximum atomic E-state index is 13.7. The van der Waals surface area contributed by atoms with Gasteiger partial charge in [0.25, 0.3) is 11.5 Å². The van der Waals surface area contributed by atoms with Gasteiger partial charge in [-0.3, -0.25) is 4.79 Å². The lowest BCUT2D eigenvalue weighted by Crippen LogP contribution is -2.26. The minimum atomic E-state index is -0.743. The first-order chi connectivity index (χ1) is 17.3. The zero-order valence-electron chi connectivity index (χ0n) is 24.6. The van der Waals surface area contributed by atoms with Crippen molar-refractivity contribution in [1.82, 2.24) is 0 Å². The Labute approximate surface area is 225 Å². The Balaban J connectivity index is 2.84. The number of carbonyl (C=O) groups excluding carboxylic acids is 1. The molecule has 0 spiro atoms. The van der Waals surface area contributed by atoms with Crippen LogP contribution in [0.2, 0.25) is 0 Å². The van der Waals surface area contributed by atoms with Crippen LogP contribution in [-0.2, 0) is 19.6 Å². The van der Waals surface area contributed by atoms with Gasteiger partial charge in [0.1, 0.15) is 22.4 Å². The Hall–Kier alpha value is -2.85. The van der Waals surface area contributed by atoms with E-state index in [1.54, 1.807) is 86.6 Å². The fourth-order valence-electron chi connectivity index (χ4n) is 2.48. The molecule has 2 rings (SSSR count). The van der Waals surface area contributed by atoms with Crippen LogP contribution in [0.4, 0.5) is 0 Å². The van der Waals surface area contributed by atoms with Gasteiger partial charge in [-0.05, 0) is 83.1 Å². The quantitative estimate of drug-likeness (QED) is 0.176. The highest BCUT2D eigenvalue weighted by molar-refractivity contribution is 6.11. The average Bonchev–Trinajstić information content (AvgIpc) is 2.76. The molecule has 0 aliphatic carbocycles. The van der Waals surface area contributed by atoms with E-state index in [1.165, 1.54) is 6.07 Å². The summed E-state index contributed by atoms with van der Waals surface area (Å²) in [5, 5.41) is 0. The van der Waals surface area contributed by atoms with E-state index < -0.39 is 22.4 Å². The van der Waals surface area contributed by atoms with Gasteiger partial charge in [-0.1, -0.05) is 30.3 Å². The van der Waals surface area contributed by atoms with Crippen LogP contribution in [0.5, 0.6) is 23.0 Å². The Morgan fingerprint density at radius 3 is 1.37 bits per heavy atom. The summed E-state index contributed by atoms with van der Waals surface area (Å²) in [6.45, 7) is 21.6. The standard InChI is InChI=1S/C29H42O9/c1-26(2,3)35-31-21-18-20(22(30)19-16-14-13-15-17-19)23(32-36-27(4,5)6)25(34-38-29(10,11)12)24(21)33-37-28(7,8)9/h13-18H,1-12H3. The summed E-state index contributed by atoms with van der Waals surface area (Å²) in [4.78, 5) is 59.0. The topological polar surface area (TPSA) is 90.9 Å². The highest BCUT2D eigenvalue weighted by atomic mass is 17.2. The largest absolute Gasteiger partial charge is 0.333 e. The van der Waals surface area contributed by atoms with Crippen LogP contribution in [-0.4, -0.2) is 28.2 Å². The SMILES string of the molecule is CC(C)(C)OOc1cc(C(=O)c2ccccc2)c(OOC(C)(C)C)c(OOC(C)(C)C)c1OOC(C)(C)C. The minimum absolute atomic E-state index is 0.000857. The second-order valence-electron chi connectivity index (χ2n) is 12.7. The van der Waals surface area contributed by atoms with E-state index in [4.69, 9.17) is 39.1 Å². The van der Waals surface area contributed by atoms with Gasteiger partial charge in [0.05, 0.1) is 5.56 Å². The lowest BCUT2D eigenvalue weighted by Gasteiger charge is -2.26. The normalized spacial score (nSPS) is 12.7. The Morgan fingerprint density at radius 2 is 0.921 bits per heavy atom. The van der Waals surface area contributed by atoms with Crippen molar-refractivity contribution in [2.45, 2.75) is 105 Å². The number of rotatable bonds is 10. The zero-order valence-corrected chi connectivity index (χ0v) is 24.6. The number of ketones is 1. The van der Waals surface area contributed by atoms with Gasteiger partial charge >= 0.3 is 0 Å². The monoisotopic (exact) mass is 534 g/mol. The van der Waals surface area contributed by atoms with E-state index in [0.717, 1.165) is 0 Å². The summed E-state index contributed by atoms with van der Waals surface area (Å²) >= 11 is 0. The number of hydrogen-bond acceptors (Lipinski definition) is 9. The molecule has 0 fully saturated rings. The molecule has 0 atom stereocenters. The first-order valence-electron chi connectivity index (χ1n) is 12.5. The van der Waals surface area contributed by atoms with E-state index >= 15 is 0 Å². The van der Waals surface area contributed by atoms with Crippen molar-refractivity contribution in [3.8, 4) is 23.0 Å². The molecule has 0 saturated carbocycles. The molecule has 2 aromatic carbocycles. The highest BCUT2D eigenvalue weighted by Crippen LogP contribution is 2.49. The molecule has 212 valence electrons. The Bertz CT molecular complexity index is 1070. The Kier molecular flexibility index (Phi) is 9.83. The first-order valence-corrected chi connectivity index (χ1v) is 12.5. The smallest absolute Gasteiger partial charge is 0.262 e. The van der Waals surface area contributed by atoms with Gasteiger partial charge < -0.3 is 19.6 Å². The number of hydrogen-bond donors (Lipinski definition) is 0. The lowest BCUT2D eigenvalue weighted by molar-refractivity contribution is -0.307. The maximum Gasteiger partial charge on any atom is 0.262 e. The van der Waals surface area contributed by atoms with Gasteiger partial charge in [0.15, 0.2) is 5.78 Å². The van der Waals surface area contributed by atoms with Crippen LogP contribution < -0.4 is 19.6 Å². The summed E-state index contributed by atoms with van der Waals surface area (Å²) in [5.74, 6) is -0.691. The van der Waals surface area contributed by atoms with E-state index in [-0.39, 0.29) is 34.3 Å². The molecular formula is C29H42O9. The summed E-state index contributed by atoms with van der Waals surface area (Å²) in [5.41, 5.74) is -2.43. The van der Waals surface area contributed by atoms with Gasteiger partial charge in [-0.15, -0.1) is 0 Å². The molecule has 0 amide bonds. The minimum Gasteiger partial charge on any atom is -0.333 e. The molecule has 0 unspecified atom stereocenters. The van der Waals surface area contributed by atoms with Crippen LogP contribution in [0, 0.1) is 0 Å². The van der Waals surface area contributed by atoms with Crippen LogP contribution in [0.25, 0.3) is 0 Å². The van der Waals surface area contributed by atoms with Gasteiger partial charge in [0, 0.05) is 11.6 Å². The fraction of sp³-hybridized carbons (Fsp3) is 0.552. The van der Waals surface area contributed by atoms with Crippen molar-refractivity contribution in [3.05, 3.63) is 47.5 Å². The van der Waals surface area contributed by atoms with Crippen molar-refractivity contribution < 1.29 is 43.9 Å². The van der Waals surface area contributed by atoms with Crippen molar-refractivity contribution in [3.63, 3.8) is 0 Å². The van der Waals surface area contributed by atoms with Gasteiger partial charge in [-0.2, -0.15) is 19.6 Å². The van der Waals surface area contributed by atoms with Crippen molar-refractivity contribution in [1.29, 1.82) is 0 Å². The Morgan fingerprint density at radius 1 is 0.526 bits per heavy atom. The van der Waals surface area contributed by atoms with E-state index in [1.807, 2.05) is 26.8 Å². The summed E-state index contributed by atoms with van der Waals surface area (Å²) < 4.78 is 0.